The monoisotopic (exact) mass is 474 g/mol. The van der Waals surface area contributed by atoms with Crippen molar-refractivity contribution in [2.75, 3.05) is 6.54 Å². The average Bonchev–Trinajstić information content (AvgIpc) is 2.67. The second-order valence-corrected chi connectivity index (χ2v) is 6.76. The van der Waals surface area contributed by atoms with Crippen LogP contribution in [0.15, 0.2) is 64.5 Å². The molecule has 0 bridgehead atoms. The van der Waals surface area contributed by atoms with Gasteiger partial charge in [0.2, 0.25) is 0 Å². The summed E-state index contributed by atoms with van der Waals surface area (Å²) in [4.78, 5) is 38.6. The van der Waals surface area contributed by atoms with Crippen molar-refractivity contribution in [2.24, 2.45) is 5.10 Å². The number of halogens is 1. The Hall–Kier alpha value is -3.01. The number of hydrazone groups is 1. The van der Waals surface area contributed by atoms with E-state index in [2.05, 4.69) is 43.4 Å². The average molecular weight is 474 g/mol. The fourth-order valence-corrected chi connectivity index (χ4v) is 3.01. The summed E-state index contributed by atoms with van der Waals surface area (Å²) in [5.74, 6) is -0.840. The van der Waals surface area contributed by atoms with E-state index in [9.17, 15) is 14.4 Å². The van der Waals surface area contributed by atoms with E-state index in [1.807, 2.05) is 24.3 Å². The molecule has 0 aliphatic carbocycles. The number of amides is 2. The molecule has 0 saturated carbocycles. The number of fused-ring (bicyclic) bond motifs is 1. The molecule has 136 valence electrons. The predicted molar refractivity (Wildman–Crippen MR) is 112 cm³/mol. The Morgan fingerprint density at radius 1 is 1.11 bits per heavy atom. The highest BCUT2D eigenvalue weighted by molar-refractivity contribution is 14.1. The molecule has 0 atom stereocenters. The van der Waals surface area contributed by atoms with E-state index in [4.69, 9.17) is 0 Å². The minimum Gasteiger partial charge on any atom is -0.343 e. The van der Waals surface area contributed by atoms with E-state index in [-0.39, 0.29) is 18.0 Å². The number of rotatable bonds is 5. The van der Waals surface area contributed by atoms with Crippen LogP contribution in [0, 0.1) is 3.57 Å². The molecule has 3 aromatic rings. The lowest BCUT2D eigenvalue weighted by atomic mass is 10.2. The molecule has 0 unspecified atom stereocenters. The molecule has 1 aromatic heterocycles. The quantitative estimate of drug-likeness (QED) is 0.300. The largest absolute Gasteiger partial charge is 0.343 e. The smallest absolute Gasteiger partial charge is 0.259 e. The topological polar surface area (TPSA) is 103 Å². The number of aromatic amines is 1. The Kier molecular flexibility index (Phi) is 5.97. The van der Waals surface area contributed by atoms with Gasteiger partial charge in [-0.25, -0.2) is 5.43 Å². The van der Waals surface area contributed by atoms with Gasteiger partial charge < -0.3 is 10.3 Å². The molecule has 0 spiro atoms. The maximum Gasteiger partial charge on any atom is 0.259 e. The summed E-state index contributed by atoms with van der Waals surface area (Å²) in [6.07, 6.45) is 1.27. The first-order valence-corrected chi connectivity index (χ1v) is 9.09. The number of carbonyl (C=O) groups excluding carboxylic acids is 2. The number of hydrogen-bond donors (Lipinski definition) is 3. The lowest BCUT2D eigenvalue weighted by Crippen LogP contribution is -2.35. The molecule has 2 amide bonds. The first-order valence-electron chi connectivity index (χ1n) is 8.01. The van der Waals surface area contributed by atoms with Gasteiger partial charge in [0.05, 0.1) is 23.9 Å². The van der Waals surface area contributed by atoms with Crippen molar-refractivity contribution in [3.8, 4) is 0 Å². The van der Waals surface area contributed by atoms with E-state index in [1.54, 1.807) is 30.3 Å². The summed E-state index contributed by atoms with van der Waals surface area (Å²) in [6, 6.07) is 16.1. The number of carbonyl (C=O) groups is 2. The maximum atomic E-state index is 12.1. The van der Waals surface area contributed by atoms with Crippen LogP contribution < -0.4 is 16.3 Å². The van der Waals surface area contributed by atoms with Crippen molar-refractivity contribution in [3.63, 3.8) is 0 Å². The number of aromatic nitrogens is 1. The molecular formula is C19H15IN4O3. The third-order valence-corrected chi connectivity index (χ3v) is 4.64. The fourth-order valence-electron chi connectivity index (χ4n) is 2.37. The van der Waals surface area contributed by atoms with Gasteiger partial charge in [0, 0.05) is 9.09 Å². The Labute approximate surface area is 168 Å². The SMILES string of the molecule is O=C(CNC(=O)c1ccccc1I)N/N=C/c1cc2ccccc2[nH]c1=O. The summed E-state index contributed by atoms with van der Waals surface area (Å²) in [5.41, 5.74) is 3.52. The van der Waals surface area contributed by atoms with Crippen molar-refractivity contribution in [3.05, 3.63) is 79.6 Å². The van der Waals surface area contributed by atoms with Crippen LogP contribution in [0.1, 0.15) is 15.9 Å². The van der Waals surface area contributed by atoms with Gasteiger partial charge in [-0.05, 0) is 52.2 Å². The first kappa shape index (κ1) is 18.8. The van der Waals surface area contributed by atoms with Crippen molar-refractivity contribution in [1.29, 1.82) is 0 Å². The van der Waals surface area contributed by atoms with Gasteiger partial charge in [-0.3, -0.25) is 14.4 Å². The van der Waals surface area contributed by atoms with Gasteiger partial charge in [-0.2, -0.15) is 5.10 Å². The number of hydrogen-bond acceptors (Lipinski definition) is 4. The second kappa shape index (κ2) is 8.58. The van der Waals surface area contributed by atoms with Crippen molar-refractivity contribution in [2.45, 2.75) is 0 Å². The minimum absolute atomic E-state index is 0.227. The van der Waals surface area contributed by atoms with Crippen LogP contribution in [0.3, 0.4) is 0 Å². The van der Waals surface area contributed by atoms with Crippen LogP contribution in [-0.4, -0.2) is 29.6 Å². The standard InChI is InChI=1S/C19H15IN4O3/c20-15-7-3-2-6-14(15)19(27)21-11-17(25)24-22-10-13-9-12-5-1-4-8-16(12)23-18(13)26/h1-10H,11H2,(H,21,27)(H,23,26)(H,24,25)/b22-10+. The van der Waals surface area contributed by atoms with Gasteiger partial charge in [-0.15, -0.1) is 0 Å². The van der Waals surface area contributed by atoms with Crippen LogP contribution >= 0.6 is 22.6 Å². The summed E-state index contributed by atoms with van der Waals surface area (Å²) < 4.78 is 0.793. The summed E-state index contributed by atoms with van der Waals surface area (Å²) in [7, 11) is 0. The summed E-state index contributed by atoms with van der Waals surface area (Å²) in [6.45, 7) is -0.227. The molecule has 3 N–H and O–H groups in total. The Balaban J connectivity index is 1.58. The number of benzene rings is 2. The molecule has 0 fully saturated rings. The maximum absolute atomic E-state index is 12.1. The van der Waals surface area contributed by atoms with Crippen LogP contribution in [0.4, 0.5) is 0 Å². The number of nitrogens with one attached hydrogen (secondary N) is 3. The highest BCUT2D eigenvalue weighted by atomic mass is 127. The van der Waals surface area contributed by atoms with E-state index < -0.39 is 5.91 Å². The normalized spacial score (nSPS) is 10.9. The molecule has 7 nitrogen and oxygen atoms in total. The zero-order chi connectivity index (χ0) is 19.2. The van der Waals surface area contributed by atoms with Gasteiger partial charge in [0.25, 0.3) is 17.4 Å². The molecule has 3 rings (SSSR count). The van der Waals surface area contributed by atoms with E-state index in [0.717, 1.165) is 14.5 Å². The van der Waals surface area contributed by atoms with Gasteiger partial charge in [-0.1, -0.05) is 30.3 Å². The second-order valence-electron chi connectivity index (χ2n) is 5.60. The van der Waals surface area contributed by atoms with Gasteiger partial charge >= 0.3 is 0 Å². The van der Waals surface area contributed by atoms with Crippen LogP contribution in [0.5, 0.6) is 0 Å². The van der Waals surface area contributed by atoms with Crippen molar-refractivity contribution in [1.82, 2.24) is 15.7 Å². The first-order chi connectivity index (χ1) is 13.0. The van der Waals surface area contributed by atoms with Crippen molar-refractivity contribution < 1.29 is 9.59 Å². The Morgan fingerprint density at radius 3 is 2.67 bits per heavy atom. The van der Waals surface area contributed by atoms with Crippen LogP contribution in [-0.2, 0) is 4.79 Å². The predicted octanol–water partition coefficient (Wildman–Crippen LogP) is 2.01. The Bertz CT molecular complexity index is 1090. The van der Waals surface area contributed by atoms with E-state index in [1.165, 1.54) is 6.21 Å². The zero-order valence-electron chi connectivity index (χ0n) is 14.0. The van der Waals surface area contributed by atoms with Gasteiger partial charge in [0.1, 0.15) is 0 Å². The van der Waals surface area contributed by atoms with E-state index in [0.29, 0.717) is 11.1 Å². The van der Waals surface area contributed by atoms with Gasteiger partial charge in [0.15, 0.2) is 0 Å². The Morgan fingerprint density at radius 2 is 1.85 bits per heavy atom. The molecule has 0 aliphatic rings. The number of para-hydroxylation sites is 1. The lowest BCUT2D eigenvalue weighted by Gasteiger charge is -2.05. The highest BCUT2D eigenvalue weighted by Crippen LogP contribution is 2.11. The minimum atomic E-state index is -0.497. The molecule has 0 saturated heterocycles. The number of pyridine rings is 1. The van der Waals surface area contributed by atoms with E-state index >= 15 is 0 Å². The van der Waals surface area contributed by atoms with Crippen LogP contribution in [0.2, 0.25) is 0 Å². The summed E-state index contributed by atoms with van der Waals surface area (Å²) >= 11 is 2.05. The molecule has 0 aliphatic heterocycles. The molecule has 1 heterocycles. The lowest BCUT2D eigenvalue weighted by molar-refractivity contribution is -0.120. The zero-order valence-corrected chi connectivity index (χ0v) is 16.2. The number of nitrogens with zero attached hydrogens (tertiary/aromatic N) is 1. The van der Waals surface area contributed by atoms with Crippen molar-refractivity contribution >= 4 is 51.5 Å². The molecular weight excluding hydrogens is 459 g/mol. The molecule has 2 aromatic carbocycles. The third-order valence-electron chi connectivity index (χ3n) is 3.70. The summed E-state index contributed by atoms with van der Waals surface area (Å²) in [5, 5.41) is 7.16. The van der Waals surface area contributed by atoms with Crippen LogP contribution in [0.25, 0.3) is 10.9 Å². The molecule has 8 heteroatoms. The molecule has 27 heavy (non-hydrogen) atoms. The third kappa shape index (κ3) is 4.79. The fraction of sp³-hybridized carbons (Fsp3) is 0.0526. The highest BCUT2D eigenvalue weighted by Gasteiger charge is 2.10. The molecule has 0 radical (unpaired) electrons. The number of H-pyrrole nitrogens is 1.